The fourth-order valence-corrected chi connectivity index (χ4v) is 1.11. The first-order valence-corrected chi connectivity index (χ1v) is 4.52. The molecular formula is C8H10N4O5. The van der Waals surface area contributed by atoms with Crippen LogP contribution in [0.1, 0.15) is 16.4 Å². The van der Waals surface area contributed by atoms with Crippen molar-refractivity contribution >= 4 is 17.8 Å². The fraction of sp³-hybridized carbons (Fsp3) is 0.375. The van der Waals surface area contributed by atoms with Crippen LogP contribution in [0.5, 0.6) is 0 Å². The number of hydrogen-bond donors (Lipinski definition) is 3. The van der Waals surface area contributed by atoms with Gasteiger partial charge in [-0.3, -0.25) is 19.5 Å². The SMILES string of the molecule is Cc1nc(C(=O)N(CC(=O)O)CC(=O)O)n[nH]1. The van der Waals surface area contributed by atoms with E-state index in [0.29, 0.717) is 10.7 Å². The number of H-pyrrole nitrogens is 1. The van der Waals surface area contributed by atoms with Crippen LogP contribution in [0.4, 0.5) is 0 Å². The minimum Gasteiger partial charge on any atom is -0.480 e. The van der Waals surface area contributed by atoms with Crippen molar-refractivity contribution in [2.45, 2.75) is 6.92 Å². The molecule has 0 aliphatic carbocycles. The van der Waals surface area contributed by atoms with Gasteiger partial charge in [0.25, 0.3) is 5.91 Å². The van der Waals surface area contributed by atoms with E-state index in [1.165, 1.54) is 0 Å². The number of aliphatic carboxylic acids is 2. The van der Waals surface area contributed by atoms with Crippen LogP contribution in [-0.2, 0) is 9.59 Å². The number of carbonyl (C=O) groups is 3. The number of carboxylic acids is 2. The van der Waals surface area contributed by atoms with Gasteiger partial charge in [-0.2, -0.15) is 0 Å². The van der Waals surface area contributed by atoms with Crippen LogP contribution in [0.15, 0.2) is 0 Å². The largest absolute Gasteiger partial charge is 0.480 e. The molecule has 3 N–H and O–H groups in total. The summed E-state index contributed by atoms with van der Waals surface area (Å²) in [4.78, 5) is 37.0. The number of carbonyl (C=O) groups excluding carboxylic acids is 1. The standard InChI is InChI=1S/C8H10N4O5/c1-4-9-7(11-10-4)8(17)12(2-5(13)14)3-6(15)16/h2-3H2,1H3,(H,13,14)(H,15,16)(H,9,10,11). The molecule has 1 aromatic heterocycles. The topological polar surface area (TPSA) is 136 Å². The summed E-state index contributed by atoms with van der Waals surface area (Å²) in [6.07, 6.45) is 0. The third kappa shape index (κ3) is 3.55. The highest BCUT2D eigenvalue weighted by molar-refractivity contribution is 5.94. The van der Waals surface area contributed by atoms with E-state index in [0.717, 1.165) is 0 Å². The molecule has 1 aromatic rings. The van der Waals surface area contributed by atoms with Gasteiger partial charge in [-0.15, -0.1) is 5.10 Å². The molecule has 92 valence electrons. The summed E-state index contributed by atoms with van der Waals surface area (Å²) >= 11 is 0. The number of hydrogen-bond acceptors (Lipinski definition) is 5. The van der Waals surface area contributed by atoms with Crippen LogP contribution >= 0.6 is 0 Å². The third-order valence-corrected chi connectivity index (χ3v) is 1.73. The Balaban J connectivity index is 2.85. The van der Waals surface area contributed by atoms with Gasteiger partial charge in [-0.25, -0.2) is 4.98 Å². The zero-order valence-corrected chi connectivity index (χ0v) is 8.88. The number of aromatic amines is 1. The van der Waals surface area contributed by atoms with Crippen molar-refractivity contribution in [2.75, 3.05) is 13.1 Å². The predicted octanol–water partition coefficient (Wildman–Crippen LogP) is -1.28. The zero-order chi connectivity index (χ0) is 13.0. The molecule has 0 fully saturated rings. The molecule has 1 rings (SSSR count). The lowest BCUT2D eigenvalue weighted by Gasteiger charge is -2.16. The zero-order valence-electron chi connectivity index (χ0n) is 8.88. The summed E-state index contributed by atoms with van der Waals surface area (Å²) in [5, 5.41) is 23.1. The quantitative estimate of drug-likeness (QED) is 0.585. The van der Waals surface area contributed by atoms with E-state index in [9.17, 15) is 14.4 Å². The summed E-state index contributed by atoms with van der Waals surface area (Å²) in [7, 11) is 0. The van der Waals surface area contributed by atoms with E-state index in [-0.39, 0.29) is 5.82 Å². The number of aryl methyl sites for hydroxylation is 1. The lowest BCUT2D eigenvalue weighted by molar-refractivity contribution is -0.140. The molecule has 0 aliphatic rings. The van der Waals surface area contributed by atoms with Crippen molar-refractivity contribution in [1.82, 2.24) is 20.1 Å². The smallest absolute Gasteiger partial charge is 0.323 e. The van der Waals surface area contributed by atoms with Crippen molar-refractivity contribution in [2.24, 2.45) is 0 Å². The Morgan fingerprint density at radius 2 is 1.76 bits per heavy atom. The average Bonchev–Trinajstić information content (AvgIpc) is 2.61. The molecule has 0 spiro atoms. The first kappa shape index (κ1) is 12.6. The van der Waals surface area contributed by atoms with Gasteiger partial charge >= 0.3 is 11.9 Å². The minimum absolute atomic E-state index is 0.259. The maximum absolute atomic E-state index is 11.7. The van der Waals surface area contributed by atoms with Gasteiger partial charge in [0.15, 0.2) is 0 Å². The lowest BCUT2D eigenvalue weighted by Crippen LogP contribution is -2.39. The number of aromatic nitrogens is 3. The molecule has 1 amide bonds. The molecule has 9 nitrogen and oxygen atoms in total. The van der Waals surface area contributed by atoms with E-state index in [1.54, 1.807) is 6.92 Å². The molecule has 0 radical (unpaired) electrons. The summed E-state index contributed by atoms with van der Waals surface area (Å²) in [5.74, 6) is -3.36. The third-order valence-electron chi connectivity index (χ3n) is 1.73. The molecule has 0 aliphatic heterocycles. The molecule has 0 unspecified atom stereocenters. The van der Waals surface area contributed by atoms with Gasteiger partial charge in [-0.1, -0.05) is 0 Å². The molecule has 0 saturated heterocycles. The Labute approximate surface area is 95.1 Å². The first-order chi connectivity index (χ1) is 7.90. The van der Waals surface area contributed by atoms with Crippen molar-refractivity contribution in [1.29, 1.82) is 0 Å². The molecular weight excluding hydrogens is 232 g/mol. The van der Waals surface area contributed by atoms with E-state index in [1.807, 2.05) is 0 Å². The summed E-state index contributed by atoms with van der Waals surface area (Å²) < 4.78 is 0. The second-order valence-electron chi connectivity index (χ2n) is 3.19. The Morgan fingerprint density at radius 1 is 1.24 bits per heavy atom. The highest BCUT2D eigenvalue weighted by Crippen LogP contribution is 1.99. The summed E-state index contributed by atoms with van der Waals surface area (Å²) in [6.45, 7) is 0.111. The van der Waals surface area contributed by atoms with Gasteiger partial charge in [0.1, 0.15) is 18.9 Å². The number of nitrogens with zero attached hydrogens (tertiary/aromatic N) is 3. The molecule has 0 aromatic carbocycles. The number of amides is 1. The van der Waals surface area contributed by atoms with Crippen LogP contribution in [-0.4, -0.2) is 61.2 Å². The Kier molecular flexibility index (Phi) is 3.75. The van der Waals surface area contributed by atoms with Gasteiger partial charge in [0.2, 0.25) is 5.82 Å². The second-order valence-corrected chi connectivity index (χ2v) is 3.19. The molecule has 1 heterocycles. The maximum Gasteiger partial charge on any atom is 0.323 e. The predicted molar refractivity (Wildman–Crippen MR) is 52.3 cm³/mol. The number of carboxylic acid groups (broad SMARTS) is 2. The van der Waals surface area contributed by atoms with Crippen molar-refractivity contribution in [3.8, 4) is 0 Å². The maximum atomic E-state index is 11.7. The van der Waals surface area contributed by atoms with E-state index in [2.05, 4.69) is 15.2 Å². The van der Waals surface area contributed by atoms with Crippen molar-refractivity contribution in [3.63, 3.8) is 0 Å². The Morgan fingerprint density at radius 3 is 2.12 bits per heavy atom. The van der Waals surface area contributed by atoms with Crippen LogP contribution in [0, 0.1) is 6.92 Å². The minimum atomic E-state index is -1.31. The van der Waals surface area contributed by atoms with Crippen LogP contribution in [0.25, 0.3) is 0 Å². The van der Waals surface area contributed by atoms with Crippen LogP contribution < -0.4 is 0 Å². The van der Waals surface area contributed by atoms with Gasteiger partial charge < -0.3 is 15.1 Å². The molecule has 9 heteroatoms. The van der Waals surface area contributed by atoms with E-state index < -0.39 is 30.9 Å². The second kappa shape index (κ2) is 5.05. The van der Waals surface area contributed by atoms with E-state index in [4.69, 9.17) is 10.2 Å². The molecule has 0 atom stereocenters. The lowest BCUT2D eigenvalue weighted by atomic mass is 10.4. The number of nitrogens with one attached hydrogen (secondary N) is 1. The normalized spacial score (nSPS) is 9.94. The fourth-order valence-electron chi connectivity index (χ4n) is 1.11. The highest BCUT2D eigenvalue weighted by Gasteiger charge is 2.23. The highest BCUT2D eigenvalue weighted by atomic mass is 16.4. The summed E-state index contributed by atoms with van der Waals surface area (Å²) in [6, 6.07) is 0. The van der Waals surface area contributed by atoms with Crippen molar-refractivity contribution in [3.05, 3.63) is 11.6 Å². The Hall–Kier alpha value is -2.45. The average molecular weight is 242 g/mol. The van der Waals surface area contributed by atoms with Crippen LogP contribution in [0.2, 0.25) is 0 Å². The molecule has 0 bridgehead atoms. The monoisotopic (exact) mass is 242 g/mol. The van der Waals surface area contributed by atoms with Gasteiger partial charge in [0.05, 0.1) is 0 Å². The molecule has 0 saturated carbocycles. The number of rotatable bonds is 5. The van der Waals surface area contributed by atoms with Crippen LogP contribution in [0.3, 0.4) is 0 Å². The van der Waals surface area contributed by atoms with Gasteiger partial charge in [0, 0.05) is 0 Å². The molecule has 17 heavy (non-hydrogen) atoms. The summed E-state index contributed by atoms with van der Waals surface area (Å²) in [5.41, 5.74) is 0. The van der Waals surface area contributed by atoms with Crippen molar-refractivity contribution < 1.29 is 24.6 Å². The van der Waals surface area contributed by atoms with E-state index >= 15 is 0 Å². The van der Waals surface area contributed by atoms with Gasteiger partial charge in [-0.05, 0) is 6.92 Å². The Bertz CT molecular complexity index is 439. The first-order valence-electron chi connectivity index (χ1n) is 4.52.